The van der Waals surface area contributed by atoms with Gasteiger partial charge in [-0.15, -0.1) is 0 Å². The Kier molecular flexibility index (Phi) is 5.36. The highest BCUT2D eigenvalue weighted by Crippen LogP contribution is 2.19. The molecule has 0 bridgehead atoms. The summed E-state index contributed by atoms with van der Waals surface area (Å²) >= 11 is 1.67. The van der Waals surface area contributed by atoms with Crippen molar-refractivity contribution in [3.63, 3.8) is 0 Å². The van der Waals surface area contributed by atoms with Crippen LogP contribution >= 0.6 is 11.8 Å². The maximum atomic E-state index is 4.38. The second kappa shape index (κ2) is 7.26. The van der Waals surface area contributed by atoms with Crippen molar-refractivity contribution in [3.8, 4) is 0 Å². The van der Waals surface area contributed by atoms with Crippen LogP contribution in [0.4, 0.5) is 0 Å². The van der Waals surface area contributed by atoms with Gasteiger partial charge in [-0.05, 0) is 19.0 Å². The first-order valence-corrected chi connectivity index (χ1v) is 7.46. The fourth-order valence-corrected chi connectivity index (χ4v) is 2.46. The smallest absolute Gasteiger partial charge is 0.187 e. The molecule has 100 valence electrons. The van der Waals surface area contributed by atoms with Crippen LogP contribution in [0.15, 0.2) is 41.8 Å². The van der Waals surface area contributed by atoms with Crippen LogP contribution in [0.2, 0.25) is 0 Å². The van der Waals surface area contributed by atoms with E-state index in [1.807, 2.05) is 12.4 Å². The van der Waals surface area contributed by atoms with E-state index in [9.17, 15) is 0 Å². The van der Waals surface area contributed by atoms with Crippen molar-refractivity contribution in [3.05, 3.63) is 53.3 Å². The number of hydrogen-bond donors (Lipinski definition) is 1. The van der Waals surface area contributed by atoms with Gasteiger partial charge in [0.25, 0.3) is 0 Å². The quantitative estimate of drug-likeness (QED) is 0.648. The molecule has 1 N–H and O–H groups in total. The Morgan fingerprint density at radius 2 is 1.95 bits per heavy atom. The van der Waals surface area contributed by atoms with Crippen molar-refractivity contribution in [2.45, 2.75) is 31.3 Å². The molecule has 1 heterocycles. The normalized spacial score (nSPS) is 10.6. The Morgan fingerprint density at radius 1 is 1.16 bits per heavy atom. The second-order valence-electron chi connectivity index (χ2n) is 4.43. The Labute approximate surface area is 118 Å². The van der Waals surface area contributed by atoms with Gasteiger partial charge >= 0.3 is 0 Å². The summed E-state index contributed by atoms with van der Waals surface area (Å²) in [5.74, 6) is 0.911. The van der Waals surface area contributed by atoms with Crippen LogP contribution in [0.3, 0.4) is 0 Å². The fourth-order valence-electron chi connectivity index (χ4n) is 1.73. The van der Waals surface area contributed by atoms with Gasteiger partial charge in [-0.25, -0.2) is 9.97 Å². The Balaban J connectivity index is 1.89. The lowest BCUT2D eigenvalue weighted by Gasteiger charge is -2.04. The molecular formula is C15H19N3S. The van der Waals surface area contributed by atoms with E-state index in [1.165, 1.54) is 11.1 Å². The number of benzene rings is 1. The van der Waals surface area contributed by atoms with E-state index in [-0.39, 0.29) is 0 Å². The molecule has 2 aromatic rings. The van der Waals surface area contributed by atoms with Crippen LogP contribution in [0.5, 0.6) is 0 Å². The summed E-state index contributed by atoms with van der Waals surface area (Å²) < 4.78 is 0. The molecular weight excluding hydrogens is 254 g/mol. The predicted octanol–water partition coefficient (Wildman–Crippen LogP) is 3.19. The first kappa shape index (κ1) is 14.0. The van der Waals surface area contributed by atoms with E-state index in [1.54, 1.807) is 11.8 Å². The summed E-state index contributed by atoms with van der Waals surface area (Å²) in [6, 6.07) is 8.54. The van der Waals surface area contributed by atoms with Crippen LogP contribution in [0.1, 0.15) is 23.6 Å². The molecule has 0 atom stereocenters. The summed E-state index contributed by atoms with van der Waals surface area (Å²) in [5, 5.41) is 4.10. The highest BCUT2D eigenvalue weighted by molar-refractivity contribution is 7.98. The number of nitrogens with zero attached hydrogens (tertiary/aromatic N) is 2. The van der Waals surface area contributed by atoms with Crippen LogP contribution in [0.25, 0.3) is 0 Å². The predicted molar refractivity (Wildman–Crippen MR) is 80.2 cm³/mol. The van der Waals surface area contributed by atoms with Gasteiger partial charge in [0.2, 0.25) is 0 Å². The molecule has 0 radical (unpaired) electrons. The lowest BCUT2D eigenvalue weighted by molar-refractivity contribution is 0.716. The molecule has 0 saturated heterocycles. The molecule has 0 unspecified atom stereocenters. The van der Waals surface area contributed by atoms with Gasteiger partial charge in [0, 0.05) is 30.3 Å². The number of aromatic nitrogens is 2. The number of rotatable bonds is 6. The molecule has 0 aliphatic carbocycles. The molecule has 1 aromatic carbocycles. The first-order chi connectivity index (χ1) is 9.28. The molecule has 1 aromatic heterocycles. The average molecular weight is 273 g/mol. The summed E-state index contributed by atoms with van der Waals surface area (Å²) in [5.41, 5.74) is 3.73. The zero-order valence-corrected chi connectivity index (χ0v) is 12.2. The Bertz CT molecular complexity index is 511. The largest absolute Gasteiger partial charge is 0.313 e. The molecule has 0 saturated carbocycles. The van der Waals surface area contributed by atoms with Crippen molar-refractivity contribution in [1.82, 2.24) is 15.3 Å². The van der Waals surface area contributed by atoms with Crippen molar-refractivity contribution in [2.24, 2.45) is 0 Å². The van der Waals surface area contributed by atoms with Crippen LogP contribution in [-0.2, 0) is 12.3 Å². The first-order valence-electron chi connectivity index (χ1n) is 6.48. The fraction of sp³-hybridized carbons (Fsp3) is 0.333. The zero-order valence-electron chi connectivity index (χ0n) is 11.4. The van der Waals surface area contributed by atoms with E-state index < -0.39 is 0 Å². The zero-order chi connectivity index (χ0) is 13.5. The highest BCUT2D eigenvalue weighted by Gasteiger charge is 2.00. The number of thioether (sulfide) groups is 1. The molecule has 0 aliphatic rings. The highest BCUT2D eigenvalue weighted by atomic mass is 32.2. The monoisotopic (exact) mass is 273 g/mol. The molecule has 3 nitrogen and oxygen atoms in total. The van der Waals surface area contributed by atoms with Crippen molar-refractivity contribution < 1.29 is 0 Å². The van der Waals surface area contributed by atoms with Gasteiger partial charge in [-0.1, -0.05) is 48.5 Å². The minimum Gasteiger partial charge on any atom is -0.313 e. The van der Waals surface area contributed by atoms with E-state index in [2.05, 4.69) is 53.4 Å². The van der Waals surface area contributed by atoms with Crippen LogP contribution < -0.4 is 5.32 Å². The number of nitrogens with one attached hydrogen (secondary N) is 1. The molecule has 4 heteroatoms. The van der Waals surface area contributed by atoms with Gasteiger partial charge in [0.1, 0.15) is 0 Å². The molecule has 0 aliphatic heterocycles. The van der Waals surface area contributed by atoms with Gasteiger partial charge in [0.05, 0.1) is 0 Å². The van der Waals surface area contributed by atoms with Gasteiger partial charge < -0.3 is 5.32 Å². The lowest BCUT2D eigenvalue weighted by Crippen LogP contribution is -2.12. The summed E-state index contributed by atoms with van der Waals surface area (Å²) in [4.78, 5) is 8.76. The van der Waals surface area contributed by atoms with Gasteiger partial charge in [-0.3, -0.25) is 0 Å². The summed E-state index contributed by atoms with van der Waals surface area (Å²) in [6.07, 6.45) is 3.79. The molecule has 19 heavy (non-hydrogen) atoms. The third-order valence-electron chi connectivity index (χ3n) is 2.71. The van der Waals surface area contributed by atoms with Crippen molar-refractivity contribution in [2.75, 3.05) is 6.54 Å². The van der Waals surface area contributed by atoms with Crippen LogP contribution in [0, 0.1) is 6.92 Å². The van der Waals surface area contributed by atoms with Gasteiger partial charge in [0.15, 0.2) is 5.16 Å². The maximum Gasteiger partial charge on any atom is 0.187 e. The van der Waals surface area contributed by atoms with E-state index in [0.29, 0.717) is 0 Å². The standard InChI is InChI=1S/C15H19N3S/c1-3-16-8-14-9-17-15(18-10-14)19-11-13-6-4-5-12(2)7-13/h4-7,9-10,16H,3,8,11H2,1-2H3. The topological polar surface area (TPSA) is 37.8 Å². The van der Waals surface area contributed by atoms with Crippen LogP contribution in [-0.4, -0.2) is 16.5 Å². The Morgan fingerprint density at radius 3 is 2.63 bits per heavy atom. The third-order valence-corrected chi connectivity index (χ3v) is 3.66. The molecule has 0 amide bonds. The molecule has 2 rings (SSSR count). The summed E-state index contributed by atoms with van der Waals surface area (Å²) in [7, 11) is 0. The van der Waals surface area contributed by atoms with Crippen molar-refractivity contribution in [1.29, 1.82) is 0 Å². The number of hydrogen-bond acceptors (Lipinski definition) is 4. The minimum absolute atomic E-state index is 0.833. The summed E-state index contributed by atoms with van der Waals surface area (Å²) in [6.45, 7) is 6.00. The Hall–Kier alpha value is -1.39. The lowest BCUT2D eigenvalue weighted by atomic mass is 10.2. The maximum absolute atomic E-state index is 4.38. The van der Waals surface area contributed by atoms with E-state index in [0.717, 1.165) is 29.6 Å². The minimum atomic E-state index is 0.833. The van der Waals surface area contributed by atoms with E-state index >= 15 is 0 Å². The van der Waals surface area contributed by atoms with Crippen molar-refractivity contribution >= 4 is 11.8 Å². The SMILES string of the molecule is CCNCc1cnc(SCc2cccc(C)c2)nc1. The molecule has 0 fully saturated rings. The second-order valence-corrected chi connectivity index (χ2v) is 5.37. The van der Waals surface area contributed by atoms with E-state index in [4.69, 9.17) is 0 Å². The number of aryl methyl sites for hydroxylation is 1. The molecule has 0 spiro atoms. The van der Waals surface area contributed by atoms with Gasteiger partial charge in [-0.2, -0.15) is 0 Å². The average Bonchev–Trinajstić information content (AvgIpc) is 2.44. The third kappa shape index (κ3) is 4.65.